The van der Waals surface area contributed by atoms with Gasteiger partial charge in [-0.05, 0) is 50.1 Å². The Bertz CT molecular complexity index is 820. The van der Waals surface area contributed by atoms with E-state index >= 15 is 0 Å². The lowest BCUT2D eigenvalue weighted by molar-refractivity contribution is -0.122. The molecule has 1 aromatic heterocycles. The van der Waals surface area contributed by atoms with Crippen LogP contribution in [0.25, 0.3) is 11.0 Å². The van der Waals surface area contributed by atoms with Crippen molar-refractivity contribution >= 4 is 16.9 Å². The zero-order valence-corrected chi connectivity index (χ0v) is 14.6. The predicted molar refractivity (Wildman–Crippen MR) is 98.7 cm³/mol. The number of para-hydroxylation sites is 1. The van der Waals surface area contributed by atoms with Gasteiger partial charge in [-0.1, -0.05) is 30.3 Å². The largest absolute Gasteiger partial charge is 0.494 e. The van der Waals surface area contributed by atoms with Crippen LogP contribution >= 0.6 is 0 Å². The number of benzene rings is 2. The molecule has 0 spiro atoms. The number of hydrogen-bond acceptors (Lipinski definition) is 3. The third kappa shape index (κ3) is 4.63. The first-order valence-electron chi connectivity index (χ1n) is 8.59. The van der Waals surface area contributed by atoms with Crippen LogP contribution in [0.4, 0.5) is 0 Å². The summed E-state index contributed by atoms with van der Waals surface area (Å²) in [7, 11) is 0. The maximum atomic E-state index is 12.1. The summed E-state index contributed by atoms with van der Waals surface area (Å²) in [5.74, 6) is 1.61. The third-order valence-corrected chi connectivity index (χ3v) is 4.06. The standard InChI is InChI=1S/C21H23NO3/c1-15-7-5-9-18(13-15)24-12-6-11-21(23)22-16(2)20-14-17-8-3-4-10-19(17)25-20/h3-5,7-10,13-14,16H,6,11-12H2,1-2H3,(H,22,23)/t16-/m0/s1. The van der Waals surface area contributed by atoms with Crippen molar-refractivity contribution in [2.75, 3.05) is 6.61 Å². The van der Waals surface area contributed by atoms with Gasteiger partial charge in [-0.15, -0.1) is 0 Å². The number of furan rings is 1. The van der Waals surface area contributed by atoms with E-state index in [1.807, 2.05) is 68.4 Å². The highest BCUT2D eigenvalue weighted by Crippen LogP contribution is 2.23. The summed E-state index contributed by atoms with van der Waals surface area (Å²) >= 11 is 0. The Morgan fingerprint density at radius 2 is 2.00 bits per heavy atom. The summed E-state index contributed by atoms with van der Waals surface area (Å²) in [5, 5.41) is 4.02. The van der Waals surface area contributed by atoms with Gasteiger partial charge in [0.25, 0.3) is 0 Å². The Hall–Kier alpha value is -2.75. The molecule has 0 bridgehead atoms. The molecule has 0 aliphatic carbocycles. The van der Waals surface area contributed by atoms with Gasteiger partial charge in [-0.2, -0.15) is 0 Å². The van der Waals surface area contributed by atoms with Crippen LogP contribution in [-0.4, -0.2) is 12.5 Å². The van der Waals surface area contributed by atoms with Gasteiger partial charge in [0.1, 0.15) is 17.1 Å². The topological polar surface area (TPSA) is 51.5 Å². The summed E-state index contributed by atoms with van der Waals surface area (Å²) in [6.07, 6.45) is 1.10. The Labute approximate surface area is 147 Å². The normalized spacial score (nSPS) is 12.1. The Morgan fingerprint density at radius 3 is 2.80 bits per heavy atom. The minimum absolute atomic E-state index is 0.000739. The van der Waals surface area contributed by atoms with Gasteiger partial charge in [-0.3, -0.25) is 4.79 Å². The number of fused-ring (bicyclic) bond motifs is 1. The van der Waals surface area contributed by atoms with E-state index in [-0.39, 0.29) is 11.9 Å². The van der Waals surface area contributed by atoms with Gasteiger partial charge in [-0.25, -0.2) is 0 Å². The summed E-state index contributed by atoms with van der Waals surface area (Å²) in [5.41, 5.74) is 2.00. The molecule has 2 aromatic carbocycles. The molecule has 0 aliphatic heterocycles. The molecular formula is C21H23NO3. The first-order chi connectivity index (χ1) is 12.1. The minimum Gasteiger partial charge on any atom is -0.494 e. The Morgan fingerprint density at radius 1 is 1.16 bits per heavy atom. The number of amides is 1. The molecule has 0 fully saturated rings. The van der Waals surface area contributed by atoms with Gasteiger partial charge in [0, 0.05) is 11.8 Å². The number of rotatable bonds is 7. The summed E-state index contributed by atoms with van der Waals surface area (Å²) in [6, 6.07) is 17.6. The average molecular weight is 337 g/mol. The zero-order valence-electron chi connectivity index (χ0n) is 14.6. The molecule has 1 amide bonds. The van der Waals surface area contributed by atoms with Gasteiger partial charge in [0.2, 0.25) is 5.91 Å². The van der Waals surface area contributed by atoms with E-state index in [4.69, 9.17) is 9.15 Å². The highest BCUT2D eigenvalue weighted by molar-refractivity contribution is 5.79. The van der Waals surface area contributed by atoms with Crippen LogP contribution in [-0.2, 0) is 4.79 Å². The van der Waals surface area contributed by atoms with E-state index in [1.165, 1.54) is 0 Å². The molecular weight excluding hydrogens is 314 g/mol. The highest BCUT2D eigenvalue weighted by atomic mass is 16.5. The van der Waals surface area contributed by atoms with Crippen molar-refractivity contribution in [2.45, 2.75) is 32.7 Å². The van der Waals surface area contributed by atoms with Crippen LogP contribution in [0.3, 0.4) is 0 Å². The van der Waals surface area contributed by atoms with E-state index in [1.54, 1.807) is 0 Å². The monoisotopic (exact) mass is 337 g/mol. The molecule has 1 atom stereocenters. The lowest BCUT2D eigenvalue weighted by Gasteiger charge is -2.11. The van der Waals surface area contributed by atoms with E-state index in [9.17, 15) is 4.79 Å². The van der Waals surface area contributed by atoms with E-state index in [0.29, 0.717) is 19.4 Å². The molecule has 1 heterocycles. The van der Waals surface area contributed by atoms with Crippen molar-refractivity contribution in [3.05, 3.63) is 65.9 Å². The average Bonchev–Trinajstić information content (AvgIpc) is 3.03. The van der Waals surface area contributed by atoms with E-state index in [2.05, 4.69) is 5.32 Å². The Kier molecular flexibility index (Phi) is 5.39. The fourth-order valence-corrected chi connectivity index (χ4v) is 2.73. The van der Waals surface area contributed by atoms with E-state index < -0.39 is 0 Å². The first kappa shape index (κ1) is 17.1. The van der Waals surface area contributed by atoms with Crippen LogP contribution in [0.2, 0.25) is 0 Å². The smallest absolute Gasteiger partial charge is 0.220 e. The lowest BCUT2D eigenvalue weighted by atomic mass is 10.2. The predicted octanol–water partition coefficient (Wildman–Crippen LogP) is 4.78. The fraction of sp³-hybridized carbons (Fsp3) is 0.286. The van der Waals surface area contributed by atoms with Crippen LogP contribution in [0.1, 0.15) is 37.1 Å². The van der Waals surface area contributed by atoms with Crippen LogP contribution in [0.15, 0.2) is 59.0 Å². The van der Waals surface area contributed by atoms with Crippen LogP contribution in [0.5, 0.6) is 5.75 Å². The Balaban J connectivity index is 1.44. The van der Waals surface area contributed by atoms with Crippen molar-refractivity contribution in [1.29, 1.82) is 0 Å². The summed E-state index contributed by atoms with van der Waals surface area (Å²) in [4.78, 5) is 12.1. The van der Waals surface area contributed by atoms with E-state index in [0.717, 1.165) is 28.0 Å². The van der Waals surface area contributed by atoms with Gasteiger partial charge in [0.05, 0.1) is 12.6 Å². The number of hydrogen-bond donors (Lipinski definition) is 1. The second-order valence-corrected chi connectivity index (χ2v) is 6.24. The molecule has 4 heteroatoms. The van der Waals surface area contributed by atoms with Crippen molar-refractivity contribution in [3.63, 3.8) is 0 Å². The number of nitrogens with one attached hydrogen (secondary N) is 1. The lowest BCUT2D eigenvalue weighted by Crippen LogP contribution is -2.26. The molecule has 0 saturated heterocycles. The van der Waals surface area contributed by atoms with Crippen molar-refractivity contribution in [1.82, 2.24) is 5.32 Å². The van der Waals surface area contributed by atoms with Gasteiger partial charge >= 0.3 is 0 Å². The molecule has 4 nitrogen and oxygen atoms in total. The fourth-order valence-electron chi connectivity index (χ4n) is 2.73. The first-order valence-corrected chi connectivity index (χ1v) is 8.59. The number of carbonyl (C=O) groups is 1. The summed E-state index contributed by atoms with van der Waals surface area (Å²) in [6.45, 7) is 4.48. The molecule has 0 saturated carbocycles. The number of aryl methyl sites for hydroxylation is 1. The van der Waals surface area contributed by atoms with Crippen molar-refractivity contribution < 1.29 is 13.9 Å². The quantitative estimate of drug-likeness (QED) is 0.631. The molecule has 0 unspecified atom stereocenters. The SMILES string of the molecule is Cc1cccc(OCCCC(=O)N[C@@H](C)c2cc3ccccc3o2)c1. The maximum Gasteiger partial charge on any atom is 0.220 e. The summed E-state index contributed by atoms with van der Waals surface area (Å²) < 4.78 is 11.5. The van der Waals surface area contributed by atoms with Gasteiger partial charge < -0.3 is 14.5 Å². The van der Waals surface area contributed by atoms with Crippen LogP contribution < -0.4 is 10.1 Å². The molecule has 0 radical (unpaired) electrons. The molecule has 3 rings (SSSR count). The second kappa shape index (κ2) is 7.88. The minimum atomic E-state index is -0.155. The molecule has 1 N–H and O–H groups in total. The van der Waals surface area contributed by atoms with Crippen molar-refractivity contribution in [2.24, 2.45) is 0 Å². The number of carbonyl (C=O) groups excluding carboxylic acids is 1. The van der Waals surface area contributed by atoms with Gasteiger partial charge in [0.15, 0.2) is 0 Å². The zero-order chi connectivity index (χ0) is 17.6. The highest BCUT2D eigenvalue weighted by Gasteiger charge is 2.13. The van der Waals surface area contributed by atoms with Crippen LogP contribution in [0, 0.1) is 6.92 Å². The second-order valence-electron chi connectivity index (χ2n) is 6.24. The number of ether oxygens (including phenoxy) is 1. The molecule has 130 valence electrons. The maximum absolute atomic E-state index is 12.1. The van der Waals surface area contributed by atoms with Crippen molar-refractivity contribution in [3.8, 4) is 5.75 Å². The molecule has 3 aromatic rings. The third-order valence-electron chi connectivity index (χ3n) is 4.06. The molecule has 0 aliphatic rings. The molecule has 25 heavy (non-hydrogen) atoms.